The van der Waals surface area contributed by atoms with Gasteiger partial charge in [0.1, 0.15) is 12.2 Å². The summed E-state index contributed by atoms with van der Waals surface area (Å²) in [6.45, 7) is 0.652. The molecule has 144 valence electrons. The molecule has 0 atom stereocenters. The summed E-state index contributed by atoms with van der Waals surface area (Å²) in [4.78, 5) is 41.9. The molecule has 10 nitrogen and oxygen atoms in total. The average molecular weight is 487 g/mol. The van der Waals surface area contributed by atoms with Crippen LogP contribution in [0.4, 0.5) is 0 Å². The molecule has 0 bridgehead atoms. The van der Waals surface area contributed by atoms with Gasteiger partial charge >= 0.3 is 0 Å². The topological polar surface area (TPSA) is 127 Å². The minimum atomic E-state index is -0.914. The van der Waals surface area contributed by atoms with Crippen molar-refractivity contribution in [2.24, 2.45) is 0 Å². The number of amides is 2. The minimum absolute atomic E-state index is 0. The standard InChI is InChI=1S/C16H17N5O5.HI/c22-15(13-3-1-5-17-11-13)18-6-9-20-8-2-4-14(12-20)16(23)19-7-10-26-21(24)25;/h1-5,8,11-12H,6-7,9-10H2,(H-,18,19,22,23);1H. The lowest BCUT2D eigenvalue weighted by Crippen LogP contribution is -3.00. The van der Waals surface area contributed by atoms with Crippen molar-refractivity contribution in [1.82, 2.24) is 15.6 Å². The molecule has 0 radical (unpaired) electrons. The van der Waals surface area contributed by atoms with E-state index in [0.717, 1.165) is 0 Å². The number of carbonyl (C=O) groups is 2. The lowest BCUT2D eigenvalue weighted by Gasteiger charge is -2.05. The summed E-state index contributed by atoms with van der Waals surface area (Å²) in [7, 11) is 0. The van der Waals surface area contributed by atoms with Gasteiger partial charge in [0.15, 0.2) is 18.9 Å². The van der Waals surface area contributed by atoms with Crippen LogP contribution in [0.25, 0.3) is 0 Å². The molecule has 0 saturated heterocycles. The highest BCUT2D eigenvalue weighted by atomic mass is 127. The molecule has 0 fully saturated rings. The number of halogens is 1. The second-order valence-corrected chi connectivity index (χ2v) is 5.14. The van der Waals surface area contributed by atoms with E-state index in [-0.39, 0.29) is 48.9 Å². The third kappa shape index (κ3) is 7.94. The van der Waals surface area contributed by atoms with Gasteiger partial charge in [0.2, 0.25) is 0 Å². The van der Waals surface area contributed by atoms with Crippen LogP contribution in [0.15, 0.2) is 49.1 Å². The third-order valence-electron chi connectivity index (χ3n) is 3.28. The maximum absolute atomic E-state index is 12.0. The third-order valence-corrected chi connectivity index (χ3v) is 3.28. The van der Waals surface area contributed by atoms with Gasteiger partial charge in [0.25, 0.3) is 16.9 Å². The highest BCUT2D eigenvalue weighted by Crippen LogP contribution is 1.96. The largest absolute Gasteiger partial charge is 1.00 e. The lowest BCUT2D eigenvalue weighted by atomic mass is 10.2. The predicted octanol–water partition coefficient (Wildman–Crippen LogP) is -3.26. The van der Waals surface area contributed by atoms with Gasteiger partial charge in [-0.25, -0.2) is 4.57 Å². The van der Waals surface area contributed by atoms with E-state index in [1.165, 1.54) is 6.20 Å². The van der Waals surface area contributed by atoms with Crippen molar-refractivity contribution in [2.45, 2.75) is 6.54 Å². The predicted molar refractivity (Wildman–Crippen MR) is 88.5 cm³/mol. The Morgan fingerprint density at radius 2 is 1.85 bits per heavy atom. The highest BCUT2D eigenvalue weighted by Gasteiger charge is 2.11. The van der Waals surface area contributed by atoms with Gasteiger partial charge in [0, 0.05) is 25.0 Å². The van der Waals surface area contributed by atoms with E-state index in [2.05, 4.69) is 20.5 Å². The van der Waals surface area contributed by atoms with Gasteiger partial charge in [-0.3, -0.25) is 14.6 Å². The Balaban J connectivity index is 0.00000364. The molecule has 11 heteroatoms. The van der Waals surface area contributed by atoms with E-state index in [4.69, 9.17) is 0 Å². The molecule has 0 aliphatic rings. The Labute approximate surface area is 172 Å². The number of nitrogens with zero attached hydrogens (tertiary/aromatic N) is 3. The second-order valence-electron chi connectivity index (χ2n) is 5.14. The fourth-order valence-corrected chi connectivity index (χ4v) is 2.08. The lowest BCUT2D eigenvalue weighted by molar-refractivity contribution is -0.757. The zero-order valence-electron chi connectivity index (χ0n) is 14.2. The Morgan fingerprint density at radius 1 is 1.15 bits per heavy atom. The van der Waals surface area contributed by atoms with Gasteiger partial charge in [-0.1, -0.05) is 0 Å². The van der Waals surface area contributed by atoms with Crippen LogP contribution in [0, 0.1) is 10.1 Å². The number of rotatable bonds is 9. The van der Waals surface area contributed by atoms with Gasteiger partial charge in [-0.05, 0) is 18.2 Å². The number of carbonyl (C=O) groups excluding carboxylic acids is 2. The fourth-order valence-electron chi connectivity index (χ4n) is 2.08. The SMILES string of the molecule is O=C(NCCO[N+](=O)[O-])c1ccc[n+](CCNC(=O)c2cccnc2)c1.[I-]. The summed E-state index contributed by atoms with van der Waals surface area (Å²) in [5, 5.41) is 14.4. The number of nitrogens with one attached hydrogen (secondary N) is 2. The van der Waals surface area contributed by atoms with Crippen LogP contribution in [-0.4, -0.2) is 41.6 Å². The first kappa shape index (κ1) is 22.2. The van der Waals surface area contributed by atoms with Crippen molar-refractivity contribution >= 4 is 11.8 Å². The van der Waals surface area contributed by atoms with E-state index >= 15 is 0 Å². The first-order valence-corrected chi connectivity index (χ1v) is 7.79. The van der Waals surface area contributed by atoms with Gasteiger partial charge in [-0.15, -0.1) is 10.1 Å². The first-order chi connectivity index (χ1) is 12.6. The molecule has 2 amide bonds. The molecular weight excluding hydrogens is 469 g/mol. The number of aromatic nitrogens is 2. The van der Waals surface area contributed by atoms with Crippen LogP contribution < -0.4 is 39.2 Å². The van der Waals surface area contributed by atoms with Crippen molar-refractivity contribution in [2.75, 3.05) is 19.7 Å². The van der Waals surface area contributed by atoms with Crippen molar-refractivity contribution in [3.05, 3.63) is 70.3 Å². The van der Waals surface area contributed by atoms with Crippen molar-refractivity contribution in [1.29, 1.82) is 0 Å². The molecular formula is C16H18IN5O5. The summed E-state index contributed by atoms with van der Waals surface area (Å²) in [6, 6.07) is 6.67. The van der Waals surface area contributed by atoms with Crippen LogP contribution in [0.3, 0.4) is 0 Å². The van der Waals surface area contributed by atoms with Crippen LogP contribution in [0.2, 0.25) is 0 Å². The summed E-state index contributed by atoms with van der Waals surface area (Å²) in [5.74, 6) is -0.593. The molecule has 2 rings (SSSR count). The molecule has 27 heavy (non-hydrogen) atoms. The number of hydrogen-bond donors (Lipinski definition) is 2. The van der Waals surface area contributed by atoms with Crippen LogP contribution >= 0.6 is 0 Å². The van der Waals surface area contributed by atoms with Gasteiger partial charge < -0.3 is 39.4 Å². The molecule has 2 N–H and O–H groups in total. The van der Waals surface area contributed by atoms with Crippen molar-refractivity contribution in [3.63, 3.8) is 0 Å². The molecule has 0 aromatic carbocycles. The van der Waals surface area contributed by atoms with E-state index in [1.54, 1.807) is 47.4 Å². The molecule has 0 aliphatic heterocycles. The summed E-state index contributed by atoms with van der Waals surface area (Å²) >= 11 is 0. The van der Waals surface area contributed by atoms with Crippen LogP contribution in [0.5, 0.6) is 0 Å². The number of pyridine rings is 2. The van der Waals surface area contributed by atoms with E-state index in [9.17, 15) is 19.7 Å². The molecule has 0 saturated carbocycles. The van der Waals surface area contributed by atoms with Crippen LogP contribution in [0.1, 0.15) is 20.7 Å². The molecule has 0 spiro atoms. The van der Waals surface area contributed by atoms with Crippen molar-refractivity contribution in [3.8, 4) is 0 Å². The normalized spacial score (nSPS) is 9.63. The molecule has 0 aliphatic carbocycles. The monoisotopic (exact) mass is 487 g/mol. The quantitative estimate of drug-likeness (QED) is 0.126. The Morgan fingerprint density at radius 3 is 2.56 bits per heavy atom. The van der Waals surface area contributed by atoms with Gasteiger partial charge in [-0.2, -0.15) is 0 Å². The van der Waals surface area contributed by atoms with E-state index < -0.39 is 5.09 Å². The average Bonchev–Trinajstić information content (AvgIpc) is 2.66. The smallest absolute Gasteiger partial charge is 0.294 e. The molecule has 0 unspecified atom stereocenters. The molecule has 2 heterocycles. The number of hydrogen-bond acceptors (Lipinski definition) is 6. The van der Waals surface area contributed by atoms with E-state index in [0.29, 0.717) is 24.2 Å². The highest BCUT2D eigenvalue weighted by molar-refractivity contribution is 5.94. The zero-order chi connectivity index (χ0) is 18.8. The van der Waals surface area contributed by atoms with Gasteiger partial charge in [0.05, 0.1) is 12.1 Å². The molecule has 2 aromatic rings. The Kier molecular flexibility index (Phi) is 9.64. The summed E-state index contributed by atoms with van der Waals surface area (Å²) in [5.41, 5.74) is 0.870. The summed E-state index contributed by atoms with van der Waals surface area (Å²) in [6.07, 6.45) is 6.46. The minimum Gasteiger partial charge on any atom is -1.00 e. The Bertz CT molecular complexity index is 775. The van der Waals surface area contributed by atoms with Crippen LogP contribution in [-0.2, 0) is 11.4 Å². The Hall–Kier alpha value is -2.83. The fraction of sp³-hybridized carbons (Fsp3) is 0.250. The molecule has 2 aromatic heterocycles. The van der Waals surface area contributed by atoms with Crippen molar-refractivity contribution < 1.29 is 48.1 Å². The first-order valence-electron chi connectivity index (χ1n) is 7.79. The maximum Gasteiger partial charge on any atom is 0.294 e. The maximum atomic E-state index is 12.0. The second kappa shape index (κ2) is 11.7. The zero-order valence-corrected chi connectivity index (χ0v) is 16.4. The summed E-state index contributed by atoms with van der Waals surface area (Å²) < 4.78 is 1.76. The van der Waals surface area contributed by atoms with E-state index in [1.807, 2.05) is 0 Å².